The summed E-state index contributed by atoms with van der Waals surface area (Å²) in [6.07, 6.45) is 0.966. The summed E-state index contributed by atoms with van der Waals surface area (Å²) in [5, 5.41) is 12.2. The monoisotopic (exact) mass is 222 g/mol. The molecular weight excluding hydrogens is 208 g/mol. The predicted molar refractivity (Wildman–Crippen MR) is 57.3 cm³/mol. The quantitative estimate of drug-likeness (QED) is 0.727. The van der Waals surface area contributed by atoms with Gasteiger partial charge in [0.25, 0.3) is 5.91 Å². The van der Waals surface area contributed by atoms with Crippen molar-refractivity contribution in [1.82, 2.24) is 10.3 Å². The number of hydrogen-bond donors (Lipinski definition) is 1. The Morgan fingerprint density at radius 2 is 2.38 bits per heavy atom. The van der Waals surface area contributed by atoms with Crippen LogP contribution >= 0.6 is 0 Å². The fraction of sp³-hybridized carbons (Fsp3) is 0.600. The molecule has 6 nitrogen and oxygen atoms in total. The van der Waals surface area contributed by atoms with Crippen molar-refractivity contribution >= 4 is 17.5 Å². The smallest absolute Gasteiger partial charge is 0.270 e. The van der Waals surface area contributed by atoms with Gasteiger partial charge in [0.15, 0.2) is 0 Å². The highest BCUT2D eigenvalue weighted by molar-refractivity contribution is 6.39. The van der Waals surface area contributed by atoms with Gasteiger partial charge in [-0.25, -0.2) is 5.43 Å². The molecule has 1 heterocycles. The molecule has 16 heavy (non-hydrogen) atoms. The molecule has 0 spiro atoms. The van der Waals surface area contributed by atoms with Crippen LogP contribution in [0.3, 0.4) is 0 Å². The van der Waals surface area contributed by atoms with Gasteiger partial charge in [-0.3, -0.25) is 9.59 Å². The SMILES string of the molecule is CCN(CCC#N)C(=O)C1=NNC(=O)CC1. The molecule has 0 unspecified atom stereocenters. The predicted octanol–water partition coefficient (Wildman–Crippen LogP) is 0.0146. The molecule has 0 fully saturated rings. The lowest BCUT2D eigenvalue weighted by molar-refractivity contribution is -0.124. The summed E-state index contributed by atoms with van der Waals surface area (Å²) in [5.74, 6) is -0.366. The Balaban J connectivity index is 2.61. The number of nitrogens with zero attached hydrogens (tertiary/aromatic N) is 3. The second-order valence-electron chi connectivity index (χ2n) is 3.39. The van der Waals surface area contributed by atoms with E-state index in [4.69, 9.17) is 5.26 Å². The summed E-state index contributed by atoms with van der Waals surface area (Å²) in [6, 6.07) is 1.99. The lowest BCUT2D eigenvalue weighted by atomic mass is 10.1. The van der Waals surface area contributed by atoms with Gasteiger partial charge >= 0.3 is 0 Å². The average molecular weight is 222 g/mol. The van der Waals surface area contributed by atoms with Crippen molar-refractivity contribution in [2.75, 3.05) is 13.1 Å². The van der Waals surface area contributed by atoms with Gasteiger partial charge in [-0.1, -0.05) is 0 Å². The van der Waals surface area contributed by atoms with Crippen molar-refractivity contribution in [3.05, 3.63) is 0 Å². The standard InChI is InChI=1S/C10H14N4O2/c1-2-14(7-3-6-11)10(16)8-4-5-9(15)13-12-8/h2-5,7H2,1H3,(H,13,15). The lowest BCUT2D eigenvalue weighted by Gasteiger charge is -2.21. The van der Waals surface area contributed by atoms with Crippen LogP contribution in [0.2, 0.25) is 0 Å². The number of hydrogen-bond acceptors (Lipinski definition) is 4. The molecule has 0 aromatic rings. The molecule has 2 amide bonds. The first-order valence-electron chi connectivity index (χ1n) is 5.20. The normalized spacial score (nSPS) is 14.8. The third-order valence-corrected chi connectivity index (χ3v) is 2.31. The van der Waals surface area contributed by atoms with E-state index < -0.39 is 0 Å². The van der Waals surface area contributed by atoms with Gasteiger partial charge in [-0.2, -0.15) is 10.4 Å². The third-order valence-electron chi connectivity index (χ3n) is 2.31. The Morgan fingerprint density at radius 1 is 1.62 bits per heavy atom. The summed E-state index contributed by atoms with van der Waals surface area (Å²) >= 11 is 0. The molecule has 86 valence electrons. The number of rotatable bonds is 4. The van der Waals surface area contributed by atoms with Gasteiger partial charge in [0.1, 0.15) is 5.71 Å². The molecule has 0 aliphatic carbocycles. The zero-order chi connectivity index (χ0) is 12.0. The van der Waals surface area contributed by atoms with Gasteiger partial charge in [0, 0.05) is 25.9 Å². The molecule has 0 bridgehead atoms. The molecule has 0 atom stereocenters. The van der Waals surface area contributed by atoms with Crippen LogP contribution in [-0.4, -0.2) is 35.5 Å². The van der Waals surface area contributed by atoms with Gasteiger partial charge in [0.2, 0.25) is 5.91 Å². The molecule has 0 saturated heterocycles. The van der Waals surface area contributed by atoms with E-state index in [1.165, 1.54) is 0 Å². The Kier molecular flexibility index (Phi) is 4.45. The molecule has 0 aromatic carbocycles. The maximum absolute atomic E-state index is 11.9. The zero-order valence-corrected chi connectivity index (χ0v) is 9.19. The van der Waals surface area contributed by atoms with Crippen LogP contribution in [-0.2, 0) is 9.59 Å². The molecule has 1 aliphatic rings. The zero-order valence-electron chi connectivity index (χ0n) is 9.19. The minimum absolute atomic E-state index is 0.170. The molecule has 0 radical (unpaired) electrons. The van der Waals surface area contributed by atoms with Gasteiger partial charge in [-0.05, 0) is 6.92 Å². The molecule has 1 rings (SSSR count). The number of nitrogens with one attached hydrogen (secondary N) is 1. The molecule has 0 aromatic heterocycles. The van der Waals surface area contributed by atoms with Crippen LogP contribution < -0.4 is 5.43 Å². The topological polar surface area (TPSA) is 85.6 Å². The highest BCUT2D eigenvalue weighted by atomic mass is 16.2. The van der Waals surface area contributed by atoms with Crippen molar-refractivity contribution in [2.24, 2.45) is 5.10 Å². The first kappa shape index (κ1) is 12.2. The second-order valence-corrected chi connectivity index (χ2v) is 3.39. The summed E-state index contributed by atoms with van der Waals surface area (Å²) < 4.78 is 0. The van der Waals surface area contributed by atoms with E-state index >= 15 is 0 Å². The van der Waals surface area contributed by atoms with Crippen molar-refractivity contribution in [3.63, 3.8) is 0 Å². The Morgan fingerprint density at radius 3 is 2.88 bits per heavy atom. The molecular formula is C10H14N4O2. The minimum atomic E-state index is -0.197. The maximum atomic E-state index is 11.9. The summed E-state index contributed by atoms with van der Waals surface area (Å²) in [4.78, 5) is 24.3. The van der Waals surface area contributed by atoms with Crippen molar-refractivity contribution in [2.45, 2.75) is 26.2 Å². The van der Waals surface area contributed by atoms with Crippen LogP contribution in [0.1, 0.15) is 26.2 Å². The highest BCUT2D eigenvalue weighted by Gasteiger charge is 2.22. The van der Waals surface area contributed by atoms with Gasteiger partial charge in [-0.15, -0.1) is 0 Å². The lowest BCUT2D eigenvalue weighted by Crippen LogP contribution is -2.40. The number of nitriles is 1. The average Bonchev–Trinajstić information content (AvgIpc) is 2.30. The number of carbonyl (C=O) groups excluding carboxylic acids is 2. The minimum Gasteiger partial charge on any atom is -0.337 e. The van der Waals surface area contributed by atoms with Crippen LogP contribution in [0, 0.1) is 11.3 Å². The fourth-order valence-electron chi connectivity index (χ4n) is 1.40. The second kappa shape index (κ2) is 5.85. The highest BCUT2D eigenvalue weighted by Crippen LogP contribution is 2.04. The summed E-state index contributed by atoms with van der Waals surface area (Å²) in [7, 11) is 0. The Labute approximate surface area is 93.9 Å². The summed E-state index contributed by atoms with van der Waals surface area (Å²) in [6.45, 7) is 2.78. The van der Waals surface area contributed by atoms with E-state index in [2.05, 4.69) is 10.5 Å². The third kappa shape index (κ3) is 3.05. The van der Waals surface area contributed by atoms with Crippen molar-refractivity contribution in [3.8, 4) is 6.07 Å². The Bertz CT molecular complexity index is 356. The number of amides is 2. The number of hydrazone groups is 1. The molecule has 0 saturated carbocycles. The number of carbonyl (C=O) groups is 2. The van der Waals surface area contributed by atoms with Gasteiger partial charge < -0.3 is 4.90 Å². The van der Waals surface area contributed by atoms with E-state index in [0.717, 1.165) is 0 Å². The Hall–Kier alpha value is -1.90. The largest absolute Gasteiger partial charge is 0.337 e. The first-order chi connectivity index (χ1) is 7.69. The van der Waals surface area contributed by atoms with E-state index in [0.29, 0.717) is 38.1 Å². The first-order valence-corrected chi connectivity index (χ1v) is 5.20. The van der Waals surface area contributed by atoms with Crippen LogP contribution in [0.4, 0.5) is 0 Å². The van der Waals surface area contributed by atoms with Gasteiger partial charge in [0.05, 0.1) is 12.5 Å². The maximum Gasteiger partial charge on any atom is 0.270 e. The molecule has 1 aliphatic heterocycles. The van der Waals surface area contributed by atoms with E-state index in [1.54, 1.807) is 4.90 Å². The molecule has 1 N–H and O–H groups in total. The fourth-order valence-corrected chi connectivity index (χ4v) is 1.40. The van der Waals surface area contributed by atoms with E-state index in [9.17, 15) is 9.59 Å². The van der Waals surface area contributed by atoms with Crippen molar-refractivity contribution in [1.29, 1.82) is 5.26 Å². The molecule has 6 heteroatoms. The van der Waals surface area contributed by atoms with Crippen LogP contribution in [0.25, 0.3) is 0 Å². The summed E-state index contributed by atoms with van der Waals surface area (Å²) in [5.41, 5.74) is 2.65. The van der Waals surface area contributed by atoms with E-state index in [1.807, 2.05) is 13.0 Å². The van der Waals surface area contributed by atoms with Crippen LogP contribution in [0.5, 0.6) is 0 Å². The van der Waals surface area contributed by atoms with E-state index in [-0.39, 0.29) is 11.8 Å². The van der Waals surface area contributed by atoms with Crippen LogP contribution in [0.15, 0.2) is 5.10 Å². The van der Waals surface area contributed by atoms with Crippen molar-refractivity contribution < 1.29 is 9.59 Å².